The summed E-state index contributed by atoms with van der Waals surface area (Å²) >= 11 is 0. The molecule has 0 bridgehead atoms. The van der Waals surface area contributed by atoms with Crippen LogP contribution in [0.2, 0.25) is 0 Å². The molecule has 0 N–H and O–H groups in total. The van der Waals surface area contributed by atoms with Gasteiger partial charge in [-0.25, -0.2) is 9.97 Å². The average Bonchev–Trinajstić information content (AvgIpc) is 2.36. The van der Waals surface area contributed by atoms with Crippen molar-refractivity contribution in [2.24, 2.45) is 0 Å². The molecule has 0 radical (unpaired) electrons. The summed E-state index contributed by atoms with van der Waals surface area (Å²) < 4.78 is 0. The lowest BCUT2D eigenvalue weighted by atomic mass is 9.96. The van der Waals surface area contributed by atoms with Crippen molar-refractivity contribution >= 4 is 10.9 Å². The highest BCUT2D eigenvalue weighted by molar-refractivity contribution is 5.83. The summed E-state index contributed by atoms with van der Waals surface area (Å²) in [5.74, 6) is 0.885. The summed E-state index contributed by atoms with van der Waals surface area (Å²) in [6.07, 6.45) is 6.57. The maximum atomic E-state index is 4.62. The SMILES string of the molecule is CCC(C)c1ncc(C(C)C)c2ncncc12. The summed E-state index contributed by atoms with van der Waals surface area (Å²) in [4.78, 5) is 13.2. The largest absolute Gasteiger partial charge is 0.260 e. The summed E-state index contributed by atoms with van der Waals surface area (Å²) in [5.41, 5.74) is 3.38. The Morgan fingerprint density at radius 1 is 1.12 bits per heavy atom. The first kappa shape index (κ1) is 12.0. The molecule has 0 amide bonds. The third-order valence-electron chi connectivity index (χ3n) is 3.31. The number of aromatic nitrogens is 3. The van der Waals surface area contributed by atoms with E-state index in [1.54, 1.807) is 6.33 Å². The van der Waals surface area contributed by atoms with Gasteiger partial charge in [0.15, 0.2) is 0 Å². The highest BCUT2D eigenvalue weighted by Gasteiger charge is 2.14. The van der Waals surface area contributed by atoms with Crippen LogP contribution in [0.5, 0.6) is 0 Å². The molecule has 0 aliphatic carbocycles. The summed E-state index contributed by atoms with van der Waals surface area (Å²) in [6.45, 7) is 8.71. The van der Waals surface area contributed by atoms with Crippen molar-refractivity contribution in [2.75, 3.05) is 0 Å². The Hall–Kier alpha value is -1.51. The van der Waals surface area contributed by atoms with Gasteiger partial charge in [0.25, 0.3) is 0 Å². The van der Waals surface area contributed by atoms with Gasteiger partial charge in [-0.15, -0.1) is 0 Å². The van der Waals surface area contributed by atoms with E-state index in [-0.39, 0.29) is 0 Å². The van der Waals surface area contributed by atoms with E-state index in [0.29, 0.717) is 11.8 Å². The summed E-state index contributed by atoms with van der Waals surface area (Å²) in [5, 5.41) is 1.10. The molecule has 0 aromatic carbocycles. The zero-order chi connectivity index (χ0) is 12.4. The van der Waals surface area contributed by atoms with Crippen molar-refractivity contribution in [1.29, 1.82) is 0 Å². The molecule has 0 fully saturated rings. The van der Waals surface area contributed by atoms with Crippen LogP contribution in [0, 0.1) is 0 Å². The first-order valence-electron chi connectivity index (χ1n) is 6.23. The molecule has 0 aliphatic rings. The highest BCUT2D eigenvalue weighted by atomic mass is 14.8. The van der Waals surface area contributed by atoms with E-state index in [0.717, 1.165) is 23.0 Å². The Kier molecular flexibility index (Phi) is 3.36. The van der Waals surface area contributed by atoms with Crippen LogP contribution in [-0.4, -0.2) is 15.0 Å². The minimum absolute atomic E-state index is 0.436. The summed E-state index contributed by atoms with van der Waals surface area (Å²) in [7, 11) is 0. The van der Waals surface area contributed by atoms with Gasteiger partial charge in [-0.1, -0.05) is 27.7 Å². The molecule has 1 atom stereocenters. The van der Waals surface area contributed by atoms with Crippen LogP contribution in [0.1, 0.15) is 57.2 Å². The van der Waals surface area contributed by atoms with Gasteiger partial charge in [-0.2, -0.15) is 0 Å². The first-order valence-corrected chi connectivity index (χ1v) is 6.23. The molecular formula is C14H19N3. The molecule has 90 valence electrons. The fraction of sp³-hybridized carbons (Fsp3) is 0.500. The van der Waals surface area contributed by atoms with Crippen LogP contribution in [0.25, 0.3) is 10.9 Å². The molecule has 0 saturated heterocycles. The standard InChI is InChI=1S/C14H19N3/c1-5-10(4)13-12-6-15-8-17-14(12)11(7-16-13)9(2)3/h6-10H,5H2,1-4H3. The second-order valence-corrected chi connectivity index (χ2v) is 4.85. The fourth-order valence-electron chi connectivity index (χ4n) is 2.03. The van der Waals surface area contributed by atoms with Gasteiger partial charge in [0.1, 0.15) is 6.33 Å². The smallest absolute Gasteiger partial charge is 0.116 e. The van der Waals surface area contributed by atoms with Crippen molar-refractivity contribution in [3.05, 3.63) is 30.0 Å². The van der Waals surface area contributed by atoms with Crippen molar-refractivity contribution < 1.29 is 0 Å². The lowest BCUT2D eigenvalue weighted by Crippen LogP contribution is -2.02. The van der Waals surface area contributed by atoms with Gasteiger partial charge in [-0.05, 0) is 23.8 Å². The second kappa shape index (κ2) is 4.78. The predicted octanol–water partition coefficient (Wildman–Crippen LogP) is 3.66. The molecule has 0 spiro atoms. The first-order chi connectivity index (χ1) is 8.15. The van der Waals surface area contributed by atoms with Crippen molar-refractivity contribution in [3.8, 4) is 0 Å². The Bertz CT molecular complexity index is 520. The molecule has 17 heavy (non-hydrogen) atoms. The molecule has 3 nitrogen and oxygen atoms in total. The molecule has 2 heterocycles. The van der Waals surface area contributed by atoms with Crippen LogP contribution < -0.4 is 0 Å². The monoisotopic (exact) mass is 229 g/mol. The van der Waals surface area contributed by atoms with Crippen LogP contribution in [0.4, 0.5) is 0 Å². The molecule has 2 rings (SSSR count). The third kappa shape index (κ3) is 2.14. The molecule has 2 aromatic heterocycles. The minimum Gasteiger partial charge on any atom is -0.260 e. The normalized spacial score (nSPS) is 13.2. The van der Waals surface area contributed by atoms with Gasteiger partial charge in [0.2, 0.25) is 0 Å². The molecule has 0 aliphatic heterocycles. The van der Waals surface area contributed by atoms with Crippen molar-refractivity contribution in [1.82, 2.24) is 15.0 Å². The van der Waals surface area contributed by atoms with E-state index in [9.17, 15) is 0 Å². The average molecular weight is 229 g/mol. The van der Waals surface area contributed by atoms with Crippen LogP contribution in [-0.2, 0) is 0 Å². The van der Waals surface area contributed by atoms with Gasteiger partial charge in [0.05, 0.1) is 11.2 Å². The van der Waals surface area contributed by atoms with Crippen LogP contribution in [0.3, 0.4) is 0 Å². The van der Waals surface area contributed by atoms with E-state index in [1.165, 1.54) is 5.56 Å². The quantitative estimate of drug-likeness (QED) is 0.806. The second-order valence-electron chi connectivity index (χ2n) is 4.85. The topological polar surface area (TPSA) is 38.7 Å². The van der Waals surface area contributed by atoms with E-state index in [4.69, 9.17) is 0 Å². The molecule has 0 saturated carbocycles. The number of nitrogens with zero attached hydrogens (tertiary/aromatic N) is 3. The van der Waals surface area contributed by atoms with Crippen molar-refractivity contribution in [2.45, 2.75) is 46.0 Å². The van der Waals surface area contributed by atoms with E-state index in [1.807, 2.05) is 12.4 Å². The Balaban J connectivity index is 2.70. The number of fused-ring (bicyclic) bond motifs is 1. The maximum Gasteiger partial charge on any atom is 0.116 e. The fourth-order valence-corrected chi connectivity index (χ4v) is 2.03. The van der Waals surface area contributed by atoms with Gasteiger partial charge in [0, 0.05) is 17.8 Å². The van der Waals surface area contributed by atoms with Crippen LogP contribution >= 0.6 is 0 Å². The van der Waals surface area contributed by atoms with E-state index >= 15 is 0 Å². The maximum absolute atomic E-state index is 4.62. The van der Waals surface area contributed by atoms with E-state index < -0.39 is 0 Å². The number of pyridine rings is 1. The predicted molar refractivity (Wildman–Crippen MR) is 70.1 cm³/mol. The van der Waals surface area contributed by atoms with Gasteiger partial charge in [-0.3, -0.25) is 4.98 Å². The Morgan fingerprint density at radius 2 is 1.88 bits per heavy atom. The summed E-state index contributed by atoms with van der Waals surface area (Å²) in [6, 6.07) is 0. The Morgan fingerprint density at radius 3 is 2.53 bits per heavy atom. The van der Waals surface area contributed by atoms with Gasteiger partial charge >= 0.3 is 0 Å². The highest BCUT2D eigenvalue weighted by Crippen LogP contribution is 2.28. The van der Waals surface area contributed by atoms with E-state index in [2.05, 4.69) is 42.6 Å². The van der Waals surface area contributed by atoms with Crippen molar-refractivity contribution in [3.63, 3.8) is 0 Å². The lowest BCUT2D eigenvalue weighted by molar-refractivity contribution is 0.712. The number of rotatable bonds is 3. The minimum atomic E-state index is 0.436. The molecule has 3 heteroatoms. The third-order valence-corrected chi connectivity index (χ3v) is 3.31. The zero-order valence-corrected chi connectivity index (χ0v) is 10.9. The van der Waals surface area contributed by atoms with Gasteiger partial charge < -0.3 is 0 Å². The lowest BCUT2D eigenvalue weighted by Gasteiger charge is -2.14. The molecule has 2 aromatic rings. The molecular weight excluding hydrogens is 210 g/mol. The van der Waals surface area contributed by atoms with Crippen LogP contribution in [0.15, 0.2) is 18.7 Å². The molecule has 1 unspecified atom stereocenters. The zero-order valence-electron chi connectivity index (χ0n) is 10.9. The Labute approximate surface area is 102 Å². The number of hydrogen-bond donors (Lipinski definition) is 0. The number of hydrogen-bond acceptors (Lipinski definition) is 3.